The number of H-pyrrole nitrogens is 1. The van der Waals surface area contributed by atoms with E-state index in [2.05, 4.69) is 5.10 Å². The lowest BCUT2D eigenvalue weighted by Gasteiger charge is -2.29. The molecule has 0 saturated carbocycles. The third-order valence-electron chi connectivity index (χ3n) is 4.29. The fourth-order valence-corrected chi connectivity index (χ4v) is 2.89. The average Bonchev–Trinajstić information content (AvgIpc) is 2.83. The number of amides is 1. The maximum Gasteiger partial charge on any atom is 0.270 e. The van der Waals surface area contributed by atoms with Gasteiger partial charge in [-0.25, -0.2) is 4.68 Å². The number of nitrogens with two attached hydrogens (primary N) is 1. The first-order valence-electron chi connectivity index (χ1n) is 7.44. The first kappa shape index (κ1) is 14.6. The monoisotopic (exact) mass is 300 g/mol. The number of hydrogen-bond acceptors (Lipinski definition) is 3. The standard InChI is InChI=1S/C16H20N4O2/c1-11(15(17)21)19-8-7-13-14(10-19)18-20(16(13)22)9-12-5-3-2-4-6-12/h2-6,11,18H,7-10H2,1H3,(H2,17,21). The Bertz CT molecular complexity index is 732. The zero-order valence-corrected chi connectivity index (χ0v) is 12.6. The quantitative estimate of drug-likeness (QED) is 0.860. The Morgan fingerprint density at radius 2 is 2.09 bits per heavy atom. The van der Waals surface area contributed by atoms with Crippen LogP contribution >= 0.6 is 0 Å². The van der Waals surface area contributed by atoms with E-state index in [1.807, 2.05) is 35.2 Å². The minimum absolute atomic E-state index is 0.0326. The topological polar surface area (TPSA) is 84.1 Å². The van der Waals surface area contributed by atoms with Crippen molar-refractivity contribution in [3.8, 4) is 0 Å². The van der Waals surface area contributed by atoms with Gasteiger partial charge in [0.15, 0.2) is 0 Å². The molecule has 1 aliphatic heterocycles. The van der Waals surface area contributed by atoms with Gasteiger partial charge >= 0.3 is 0 Å². The van der Waals surface area contributed by atoms with Crippen LogP contribution in [-0.4, -0.2) is 33.2 Å². The van der Waals surface area contributed by atoms with Crippen molar-refractivity contribution >= 4 is 5.91 Å². The average molecular weight is 300 g/mol. The third-order valence-corrected chi connectivity index (χ3v) is 4.29. The van der Waals surface area contributed by atoms with Crippen molar-refractivity contribution in [2.45, 2.75) is 32.5 Å². The second-order valence-electron chi connectivity index (χ2n) is 5.74. The molecule has 0 spiro atoms. The van der Waals surface area contributed by atoms with Crippen LogP contribution in [0.4, 0.5) is 0 Å². The zero-order chi connectivity index (χ0) is 15.7. The molecule has 1 aromatic carbocycles. The summed E-state index contributed by atoms with van der Waals surface area (Å²) >= 11 is 0. The van der Waals surface area contributed by atoms with Crippen LogP contribution in [0.3, 0.4) is 0 Å². The number of aromatic amines is 1. The Morgan fingerprint density at radius 1 is 1.36 bits per heavy atom. The lowest BCUT2D eigenvalue weighted by molar-refractivity contribution is -0.123. The molecule has 116 valence electrons. The molecular weight excluding hydrogens is 280 g/mol. The van der Waals surface area contributed by atoms with Gasteiger partial charge in [-0.15, -0.1) is 0 Å². The molecule has 1 amide bonds. The third kappa shape index (κ3) is 2.69. The van der Waals surface area contributed by atoms with Crippen LogP contribution in [0.2, 0.25) is 0 Å². The first-order valence-corrected chi connectivity index (χ1v) is 7.44. The van der Waals surface area contributed by atoms with E-state index < -0.39 is 0 Å². The van der Waals surface area contributed by atoms with E-state index in [1.54, 1.807) is 11.6 Å². The van der Waals surface area contributed by atoms with Crippen LogP contribution in [-0.2, 0) is 24.3 Å². The molecule has 0 radical (unpaired) electrons. The minimum Gasteiger partial charge on any atom is -0.368 e. The molecule has 0 aliphatic carbocycles. The second-order valence-corrected chi connectivity index (χ2v) is 5.74. The molecule has 2 heterocycles. The molecule has 1 unspecified atom stereocenters. The van der Waals surface area contributed by atoms with Gasteiger partial charge in [-0.2, -0.15) is 0 Å². The van der Waals surface area contributed by atoms with E-state index in [1.165, 1.54) is 0 Å². The van der Waals surface area contributed by atoms with Crippen LogP contribution in [0, 0.1) is 0 Å². The molecule has 3 N–H and O–H groups in total. The van der Waals surface area contributed by atoms with Crippen molar-refractivity contribution in [1.82, 2.24) is 14.7 Å². The summed E-state index contributed by atoms with van der Waals surface area (Å²) in [6, 6.07) is 9.53. The summed E-state index contributed by atoms with van der Waals surface area (Å²) in [6.07, 6.45) is 0.643. The van der Waals surface area contributed by atoms with Crippen molar-refractivity contribution in [3.05, 3.63) is 57.5 Å². The maximum absolute atomic E-state index is 12.4. The molecule has 2 aromatic rings. The first-order chi connectivity index (χ1) is 10.6. The van der Waals surface area contributed by atoms with Crippen molar-refractivity contribution in [1.29, 1.82) is 0 Å². The van der Waals surface area contributed by atoms with Crippen molar-refractivity contribution < 1.29 is 4.79 Å². The van der Waals surface area contributed by atoms with E-state index in [0.717, 1.165) is 16.8 Å². The normalized spacial score (nSPS) is 16.2. The van der Waals surface area contributed by atoms with Gasteiger partial charge in [-0.3, -0.25) is 19.6 Å². The van der Waals surface area contributed by atoms with Gasteiger partial charge in [0.2, 0.25) is 5.91 Å². The fourth-order valence-electron chi connectivity index (χ4n) is 2.89. The van der Waals surface area contributed by atoms with Gasteiger partial charge in [0, 0.05) is 18.7 Å². The van der Waals surface area contributed by atoms with Gasteiger partial charge in [0.1, 0.15) is 0 Å². The summed E-state index contributed by atoms with van der Waals surface area (Å²) in [4.78, 5) is 25.8. The highest BCUT2D eigenvalue weighted by Crippen LogP contribution is 2.16. The molecular formula is C16H20N4O2. The van der Waals surface area contributed by atoms with E-state index in [4.69, 9.17) is 5.73 Å². The number of nitrogens with zero attached hydrogens (tertiary/aromatic N) is 2. The Hall–Kier alpha value is -2.34. The maximum atomic E-state index is 12.4. The number of primary amides is 1. The van der Waals surface area contributed by atoms with Gasteiger partial charge in [0.25, 0.3) is 5.56 Å². The lowest BCUT2D eigenvalue weighted by Crippen LogP contribution is -2.45. The number of benzene rings is 1. The summed E-state index contributed by atoms with van der Waals surface area (Å²) in [6.45, 7) is 3.55. The highest BCUT2D eigenvalue weighted by molar-refractivity contribution is 5.79. The smallest absolute Gasteiger partial charge is 0.270 e. The molecule has 0 bridgehead atoms. The van der Waals surface area contributed by atoms with E-state index in [-0.39, 0.29) is 17.5 Å². The van der Waals surface area contributed by atoms with E-state index >= 15 is 0 Å². The van der Waals surface area contributed by atoms with Gasteiger partial charge in [-0.05, 0) is 18.9 Å². The van der Waals surface area contributed by atoms with Crippen molar-refractivity contribution in [2.75, 3.05) is 6.54 Å². The van der Waals surface area contributed by atoms with Crippen LogP contribution in [0.25, 0.3) is 0 Å². The summed E-state index contributed by atoms with van der Waals surface area (Å²) < 4.78 is 1.64. The molecule has 0 saturated heterocycles. The predicted molar refractivity (Wildman–Crippen MR) is 83.4 cm³/mol. The number of carbonyl (C=O) groups is 1. The summed E-state index contributed by atoms with van der Waals surface area (Å²) in [5.41, 5.74) is 8.19. The summed E-state index contributed by atoms with van der Waals surface area (Å²) in [7, 11) is 0. The summed E-state index contributed by atoms with van der Waals surface area (Å²) in [5.74, 6) is -0.338. The van der Waals surface area contributed by atoms with Crippen molar-refractivity contribution in [3.63, 3.8) is 0 Å². The SMILES string of the molecule is CC(C(N)=O)N1CCc2c([nH]n(Cc3ccccc3)c2=O)C1. The minimum atomic E-state index is -0.338. The van der Waals surface area contributed by atoms with E-state index in [9.17, 15) is 9.59 Å². The number of hydrogen-bond donors (Lipinski definition) is 2. The van der Waals surface area contributed by atoms with Gasteiger partial charge in [-0.1, -0.05) is 30.3 Å². The van der Waals surface area contributed by atoms with E-state index in [0.29, 0.717) is 26.1 Å². The highest BCUT2D eigenvalue weighted by Gasteiger charge is 2.27. The molecule has 1 aromatic heterocycles. The molecule has 22 heavy (non-hydrogen) atoms. The molecule has 0 fully saturated rings. The number of rotatable bonds is 4. The van der Waals surface area contributed by atoms with Crippen LogP contribution < -0.4 is 11.3 Å². The van der Waals surface area contributed by atoms with Crippen LogP contribution in [0.1, 0.15) is 23.7 Å². The number of nitrogens with one attached hydrogen (secondary N) is 1. The fraction of sp³-hybridized carbons (Fsp3) is 0.375. The molecule has 6 nitrogen and oxygen atoms in total. The van der Waals surface area contributed by atoms with Gasteiger partial charge in [0.05, 0.1) is 18.3 Å². The summed E-state index contributed by atoms with van der Waals surface area (Å²) in [5, 5.41) is 3.18. The number of carbonyl (C=O) groups excluding carboxylic acids is 1. The molecule has 3 rings (SSSR count). The number of aromatic nitrogens is 2. The Balaban J connectivity index is 1.83. The second kappa shape index (κ2) is 5.81. The Kier molecular flexibility index (Phi) is 3.85. The van der Waals surface area contributed by atoms with Crippen molar-refractivity contribution in [2.24, 2.45) is 5.73 Å². The van der Waals surface area contributed by atoms with Crippen LogP contribution in [0.5, 0.6) is 0 Å². The lowest BCUT2D eigenvalue weighted by atomic mass is 10.1. The molecule has 1 aliphatic rings. The predicted octanol–water partition coefficient (Wildman–Crippen LogP) is 0.457. The largest absolute Gasteiger partial charge is 0.368 e. The Labute approximate surface area is 128 Å². The van der Waals surface area contributed by atoms with Gasteiger partial charge < -0.3 is 5.73 Å². The molecule has 6 heteroatoms. The Morgan fingerprint density at radius 3 is 2.77 bits per heavy atom. The zero-order valence-electron chi connectivity index (χ0n) is 12.6. The molecule has 1 atom stereocenters. The highest BCUT2D eigenvalue weighted by atomic mass is 16.1. The van der Waals surface area contributed by atoms with Crippen LogP contribution in [0.15, 0.2) is 35.1 Å². The number of fused-ring (bicyclic) bond motifs is 1.